The van der Waals surface area contributed by atoms with Gasteiger partial charge >= 0.3 is 0 Å². The Balaban J connectivity index is 1.30. The van der Waals surface area contributed by atoms with E-state index in [1.807, 2.05) is 40.1 Å². The van der Waals surface area contributed by atoms with Crippen molar-refractivity contribution in [1.82, 2.24) is 9.47 Å². The van der Waals surface area contributed by atoms with E-state index in [1.165, 1.54) is 18.4 Å². The zero-order valence-corrected chi connectivity index (χ0v) is 19.2. The first kappa shape index (κ1) is 21.1. The monoisotopic (exact) mass is 447 g/mol. The molecule has 5 rings (SSSR count). The summed E-state index contributed by atoms with van der Waals surface area (Å²) in [5.41, 5.74) is 3.34. The molecule has 0 radical (unpaired) electrons. The van der Waals surface area contributed by atoms with Crippen LogP contribution in [0.4, 0.5) is 5.69 Å². The maximum absolute atomic E-state index is 13.0. The van der Waals surface area contributed by atoms with Crippen LogP contribution >= 0.6 is 11.8 Å². The summed E-state index contributed by atoms with van der Waals surface area (Å²) in [4.78, 5) is 30.9. The molecule has 6 heteroatoms. The Bertz CT molecular complexity index is 1130. The molecule has 0 bridgehead atoms. The molecule has 166 valence electrons. The molecule has 1 aromatic heterocycles. The summed E-state index contributed by atoms with van der Waals surface area (Å²) in [6, 6.07) is 16.3. The molecule has 0 N–H and O–H groups in total. The number of para-hydroxylation sites is 2. The highest BCUT2D eigenvalue weighted by Crippen LogP contribution is 2.32. The Labute approximate surface area is 193 Å². The maximum atomic E-state index is 13.0. The van der Waals surface area contributed by atoms with Gasteiger partial charge in [0.15, 0.2) is 0 Å². The van der Waals surface area contributed by atoms with Gasteiger partial charge in [0.2, 0.25) is 11.8 Å². The Hall–Kier alpha value is -2.73. The molecule has 0 atom stereocenters. The van der Waals surface area contributed by atoms with E-state index in [9.17, 15) is 9.59 Å². The zero-order chi connectivity index (χ0) is 21.9. The second-order valence-corrected chi connectivity index (χ2v) is 9.66. The van der Waals surface area contributed by atoms with Crippen LogP contribution < -0.4 is 4.90 Å². The molecule has 5 nitrogen and oxygen atoms in total. The SMILES string of the molecule is O=C(Cn1cc(SCC(=O)N2CCc3ccccc32)c2ccccc21)N1CCCCCC1. The highest BCUT2D eigenvalue weighted by atomic mass is 32.2. The van der Waals surface area contributed by atoms with E-state index < -0.39 is 0 Å². The fraction of sp³-hybridized carbons (Fsp3) is 0.385. The summed E-state index contributed by atoms with van der Waals surface area (Å²) in [7, 11) is 0. The molecule has 3 aromatic rings. The Morgan fingerprint density at radius 3 is 2.44 bits per heavy atom. The molecule has 0 unspecified atom stereocenters. The minimum absolute atomic E-state index is 0.137. The second kappa shape index (κ2) is 9.41. The van der Waals surface area contributed by atoms with Crippen molar-refractivity contribution in [3.8, 4) is 0 Å². The highest BCUT2D eigenvalue weighted by Gasteiger charge is 2.24. The third-order valence-corrected chi connectivity index (χ3v) is 7.58. The number of hydrogen-bond acceptors (Lipinski definition) is 3. The Morgan fingerprint density at radius 1 is 0.844 bits per heavy atom. The van der Waals surface area contributed by atoms with E-state index in [1.54, 1.807) is 11.8 Å². The number of carbonyl (C=O) groups excluding carboxylic acids is 2. The maximum Gasteiger partial charge on any atom is 0.242 e. The minimum atomic E-state index is 0.137. The van der Waals surface area contributed by atoms with Gasteiger partial charge in [-0.2, -0.15) is 0 Å². The van der Waals surface area contributed by atoms with Gasteiger partial charge in [-0.25, -0.2) is 0 Å². The lowest BCUT2D eigenvalue weighted by molar-refractivity contribution is -0.131. The number of rotatable bonds is 5. The van der Waals surface area contributed by atoms with E-state index in [0.717, 1.165) is 60.4 Å². The van der Waals surface area contributed by atoms with Gasteiger partial charge < -0.3 is 14.4 Å². The second-order valence-electron chi connectivity index (χ2n) is 8.65. The number of benzene rings is 2. The van der Waals surface area contributed by atoms with Crippen LogP contribution in [0.25, 0.3) is 10.9 Å². The largest absolute Gasteiger partial charge is 0.341 e. The van der Waals surface area contributed by atoms with E-state index in [0.29, 0.717) is 12.3 Å². The van der Waals surface area contributed by atoms with Gasteiger partial charge in [-0.05, 0) is 37.0 Å². The van der Waals surface area contributed by atoms with Crippen LogP contribution in [0.1, 0.15) is 31.2 Å². The van der Waals surface area contributed by atoms with Crippen molar-refractivity contribution in [1.29, 1.82) is 0 Å². The molecule has 2 amide bonds. The summed E-state index contributed by atoms with van der Waals surface area (Å²) in [5, 5.41) is 1.11. The molecule has 1 saturated heterocycles. The molecule has 2 aliphatic heterocycles. The first-order valence-corrected chi connectivity index (χ1v) is 12.6. The third kappa shape index (κ3) is 4.29. The number of amides is 2. The van der Waals surface area contributed by atoms with Gasteiger partial charge in [0.05, 0.1) is 5.75 Å². The van der Waals surface area contributed by atoms with Crippen LogP contribution in [0, 0.1) is 0 Å². The van der Waals surface area contributed by atoms with Crippen molar-refractivity contribution in [2.45, 2.75) is 43.5 Å². The average Bonchev–Trinajstić information content (AvgIpc) is 3.28. The van der Waals surface area contributed by atoms with Gasteiger partial charge in [-0.15, -0.1) is 11.8 Å². The van der Waals surface area contributed by atoms with Crippen LogP contribution in [0.5, 0.6) is 0 Å². The average molecular weight is 448 g/mol. The molecule has 32 heavy (non-hydrogen) atoms. The summed E-state index contributed by atoms with van der Waals surface area (Å²) in [6.45, 7) is 2.84. The fourth-order valence-corrected chi connectivity index (χ4v) is 5.80. The number of hydrogen-bond donors (Lipinski definition) is 0. The molecule has 2 aliphatic rings. The van der Waals surface area contributed by atoms with E-state index in [-0.39, 0.29) is 11.8 Å². The van der Waals surface area contributed by atoms with Crippen LogP contribution in [0.2, 0.25) is 0 Å². The Kier molecular flexibility index (Phi) is 6.21. The first-order chi connectivity index (χ1) is 15.7. The third-order valence-electron chi connectivity index (χ3n) is 6.56. The molecule has 0 spiro atoms. The van der Waals surface area contributed by atoms with E-state index >= 15 is 0 Å². The minimum Gasteiger partial charge on any atom is -0.341 e. The van der Waals surface area contributed by atoms with Crippen molar-refractivity contribution in [2.24, 2.45) is 0 Å². The molecule has 2 aromatic carbocycles. The van der Waals surface area contributed by atoms with Crippen LogP contribution in [0.15, 0.2) is 59.6 Å². The fourth-order valence-electron chi connectivity index (χ4n) is 4.84. The molecule has 3 heterocycles. The Morgan fingerprint density at radius 2 is 1.59 bits per heavy atom. The number of likely N-dealkylation sites (tertiary alicyclic amines) is 1. The number of thioether (sulfide) groups is 1. The standard InChI is InChI=1S/C26H29N3O2S/c30-25(27-14-7-1-2-8-15-27)18-28-17-24(21-10-4-6-12-23(21)28)32-19-26(31)29-16-13-20-9-3-5-11-22(20)29/h3-6,9-12,17H,1-2,7-8,13-16,18-19H2. The van der Waals surface area contributed by atoms with Gasteiger partial charge in [0.1, 0.15) is 6.54 Å². The molecule has 1 fully saturated rings. The van der Waals surface area contributed by atoms with Crippen molar-refractivity contribution < 1.29 is 9.59 Å². The molecule has 0 aliphatic carbocycles. The lowest BCUT2D eigenvalue weighted by atomic mass is 10.2. The van der Waals surface area contributed by atoms with Crippen molar-refractivity contribution >= 4 is 40.2 Å². The zero-order valence-electron chi connectivity index (χ0n) is 18.3. The molecular weight excluding hydrogens is 418 g/mol. The van der Waals surface area contributed by atoms with Gasteiger partial charge in [0.25, 0.3) is 0 Å². The summed E-state index contributed by atoms with van der Waals surface area (Å²) < 4.78 is 2.06. The highest BCUT2D eigenvalue weighted by molar-refractivity contribution is 8.00. The van der Waals surface area contributed by atoms with Crippen LogP contribution in [-0.2, 0) is 22.6 Å². The van der Waals surface area contributed by atoms with Crippen molar-refractivity contribution in [3.05, 3.63) is 60.3 Å². The summed E-state index contributed by atoms with van der Waals surface area (Å²) >= 11 is 1.57. The van der Waals surface area contributed by atoms with Gasteiger partial charge in [-0.1, -0.05) is 49.2 Å². The predicted molar refractivity (Wildman–Crippen MR) is 130 cm³/mol. The van der Waals surface area contributed by atoms with Crippen molar-refractivity contribution in [2.75, 3.05) is 30.3 Å². The number of aromatic nitrogens is 1. The van der Waals surface area contributed by atoms with Crippen LogP contribution in [-0.4, -0.2) is 46.7 Å². The van der Waals surface area contributed by atoms with E-state index in [4.69, 9.17) is 0 Å². The first-order valence-electron chi connectivity index (χ1n) is 11.6. The number of anilines is 1. The lowest BCUT2D eigenvalue weighted by Crippen LogP contribution is -2.34. The normalized spacial score (nSPS) is 16.2. The summed E-state index contributed by atoms with van der Waals surface area (Å²) in [5.74, 6) is 0.717. The van der Waals surface area contributed by atoms with Crippen molar-refractivity contribution in [3.63, 3.8) is 0 Å². The topological polar surface area (TPSA) is 45.6 Å². The van der Waals surface area contributed by atoms with Crippen LogP contribution in [0.3, 0.4) is 0 Å². The van der Waals surface area contributed by atoms with E-state index in [2.05, 4.69) is 29.0 Å². The molecule has 0 saturated carbocycles. The quantitative estimate of drug-likeness (QED) is 0.532. The predicted octanol–water partition coefficient (Wildman–Crippen LogP) is 4.73. The number of fused-ring (bicyclic) bond motifs is 2. The summed E-state index contributed by atoms with van der Waals surface area (Å²) in [6.07, 6.45) is 7.60. The number of nitrogens with zero attached hydrogens (tertiary/aromatic N) is 3. The molecular formula is C26H29N3O2S. The van der Waals surface area contributed by atoms with Gasteiger partial charge in [-0.3, -0.25) is 9.59 Å². The lowest BCUT2D eigenvalue weighted by Gasteiger charge is -2.20. The smallest absolute Gasteiger partial charge is 0.242 e. The number of carbonyl (C=O) groups is 2. The van der Waals surface area contributed by atoms with Gasteiger partial charge in [0, 0.05) is 47.3 Å².